The quantitative estimate of drug-likeness (QED) is 0.302. The lowest BCUT2D eigenvalue weighted by Crippen LogP contribution is -2.53. The molecule has 0 aliphatic carbocycles. The maximum absolute atomic E-state index is 14.9. The normalized spacial score (nSPS) is 17.8. The Hall–Kier alpha value is -4.63. The maximum atomic E-state index is 14.9. The summed E-state index contributed by atoms with van der Waals surface area (Å²) in [5, 5.41) is 9.57. The number of rotatable bonds is 3. The molecular formula is C31H24N4O4S. The number of aryl methyl sites for hydroxylation is 4. The standard InChI is InChI=1S/C31H24N4O4S/c1-16-9-11-20(12-10-16)15-34-23-8-6-5-7-22(23)31(29(34)38)25-26(36)21-13-17(2)18(3)14-24(21)39-27(25)28(37)35(31)30-33-32-19(4)40-30/h5-14H,15H2,1-4H3. The van der Waals surface area contributed by atoms with Crippen LogP contribution in [0.3, 0.4) is 0 Å². The third-order valence-electron chi connectivity index (χ3n) is 7.91. The van der Waals surface area contributed by atoms with Crippen LogP contribution in [-0.4, -0.2) is 22.0 Å². The van der Waals surface area contributed by atoms with E-state index >= 15 is 0 Å². The van der Waals surface area contributed by atoms with Gasteiger partial charge >= 0.3 is 0 Å². The summed E-state index contributed by atoms with van der Waals surface area (Å²) in [5.74, 6) is -1.15. The molecule has 1 spiro atoms. The van der Waals surface area contributed by atoms with Gasteiger partial charge in [0.2, 0.25) is 10.9 Å². The fraction of sp³-hybridized carbons (Fsp3) is 0.194. The van der Waals surface area contributed by atoms with Crippen LogP contribution in [0.4, 0.5) is 10.8 Å². The van der Waals surface area contributed by atoms with E-state index in [0.717, 1.165) is 22.3 Å². The maximum Gasteiger partial charge on any atom is 0.297 e. The molecule has 198 valence electrons. The first-order valence-corrected chi connectivity index (χ1v) is 13.7. The van der Waals surface area contributed by atoms with Crippen LogP contribution in [0.25, 0.3) is 11.0 Å². The molecule has 1 atom stereocenters. The molecule has 1 unspecified atom stereocenters. The van der Waals surface area contributed by atoms with Gasteiger partial charge in [0.1, 0.15) is 10.6 Å². The first kappa shape index (κ1) is 24.4. The van der Waals surface area contributed by atoms with Gasteiger partial charge in [0.25, 0.3) is 11.8 Å². The number of para-hydroxylation sites is 1. The summed E-state index contributed by atoms with van der Waals surface area (Å²) in [7, 11) is 0. The van der Waals surface area contributed by atoms with Crippen LogP contribution >= 0.6 is 11.3 Å². The zero-order valence-electron chi connectivity index (χ0n) is 22.3. The summed E-state index contributed by atoms with van der Waals surface area (Å²) in [4.78, 5) is 46.5. The lowest BCUT2D eigenvalue weighted by Gasteiger charge is -2.32. The Labute approximate surface area is 233 Å². The Morgan fingerprint density at radius 3 is 2.35 bits per heavy atom. The average Bonchev–Trinajstić information content (AvgIpc) is 3.55. The van der Waals surface area contributed by atoms with Gasteiger partial charge in [-0.05, 0) is 62.6 Å². The van der Waals surface area contributed by atoms with E-state index in [9.17, 15) is 14.4 Å². The molecule has 0 fully saturated rings. The number of amides is 2. The van der Waals surface area contributed by atoms with Gasteiger partial charge in [-0.2, -0.15) is 0 Å². The van der Waals surface area contributed by atoms with E-state index in [4.69, 9.17) is 4.42 Å². The molecule has 0 bridgehead atoms. The second kappa shape index (κ2) is 8.43. The van der Waals surface area contributed by atoms with Crippen molar-refractivity contribution >= 4 is 44.9 Å². The Kier molecular flexibility index (Phi) is 5.15. The van der Waals surface area contributed by atoms with Crippen LogP contribution < -0.4 is 15.2 Å². The number of benzene rings is 3. The molecule has 0 saturated heterocycles. The molecule has 0 radical (unpaired) electrons. The number of nitrogens with zero attached hydrogens (tertiary/aromatic N) is 4. The van der Waals surface area contributed by atoms with Crippen LogP contribution in [0, 0.1) is 27.7 Å². The van der Waals surface area contributed by atoms with Crippen molar-refractivity contribution < 1.29 is 14.0 Å². The summed E-state index contributed by atoms with van der Waals surface area (Å²) in [6.45, 7) is 7.88. The highest BCUT2D eigenvalue weighted by Gasteiger charge is 2.66. The van der Waals surface area contributed by atoms with Crippen molar-refractivity contribution in [1.29, 1.82) is 0 Å². The van der Waals surface area contributed by atoms with Crippen molar-refractivity contribution in [2.24, 2.45) is 0 Å². The zero-order chi connectivity index (χ0) is 27.9. The van der Waals surface area contributed by atoms with E-state index in [1.807, 2.05) is 63.2 Å². The number of anilines is 2. The molecule has 0 N–H and O–H groups in total. The van der Waals surface area contributed by atoms with Gasteiger partial charge in [-0.1, -0.05) is 59.4 Å². The lowest BCUT2D eigenvalue weighted by molar-refractivity contribution is -0.121. The van der Waals surface area contributed by atoms with Crippen molar-refractivity contribution in [3.05, 3.63) is 115 Å². The second-order valence-electron chi connectivity index (χ2n) is 10.4. The third-order valence-corrected chi connectivity index (χ3v) is 8.73. The number of hydrogen-bond donors (Lipinski definition) is 0. The number of carbonyl (C=O) groups is 2. The topological polar surface area (TPSA) is 96.6 Å². The van der Waals surface area contributed by atoms with Crippen LogP contribution in [0.5, 0.6) is 0 Å². The Bertz CT molecular complexity index is 1960. The lowest BCUT2D eigenvalue weighted by atomic mass is 9.84. The summed E-state index contributed by atoms with van der Waals surface area (Å²) in [6, 6.07) is 18.8. The third kappa shape index (κ3) is 3.15. The monoisotopic (exact) mass is 548 g/mol. The fourth-order valence-electron chi connectivity index (χ4n) is 5.83. The molecule has 9 heteroatoms. The zero-order valence-corrected chi connectivity index (χ0v) is 23.1. The van der Waals surface area contributed by atoms with Gasteiger partial charge in [-0.25, -0.2) is 0 Å². The van der Waals surface area contributed by atoms with Crippen LogP contribution in [0.2, 0.25) is 0 Å². The fourth-order valence-corrected chi connectivity index (χ4v) is 6.57. The van der Waals surface area contributed by atoms with Gasteiger partial charge in [0, 0.05) is 5.56 Å². The van der Waals surface area contributed by atoms with Crippen LogP contribution in [0.15, 0.2) is 69.9 Å². The van der Waals surface area contributed by atoms with Crippen LogP contribution in [-0.2, 0) is 16.9 Å². The Balaban J connectivity index is 1.56. The minimum Gasteiger partial charge on any atom is -0.450 e. The summed E-state index contributed by atoms with van der Waals surface area (Å²) in [6.07, 6.45) is 0. The average molecular weight is 549 g/mol. The first-order valence-electron chi connectivity index (χ1n) is 12.9. The number of hydrogen-bond acceptors (Lipinski definition) is 7. The minimum atomic E-state index is -1.78. The van der Waals surface area contributed by atoms with E-state index in [-0.39, 0.29) is 23.0 Å². The molecule has 40 heavy (non-hydrogen) atoms. The summed E-state index contributed by atoms with van der Waals surface area (Å²) < 4.78 is 6.20. The van der Waals surface area contributed by atoms with E-state index < -0.39 is 22.8 Å². The number of aromatic nitrogens is 2. The predicted molar refractivity (Wildman–Crippen MR) is 153 cm³/mol. The van der Waals surface area contributed by atoms with Crippen molar-refractivity contribution in [2.45, 2.75) is 39.8 Å². The highest BCUT2D eigenvalue weighted by atomic mass is 32.1. The largest absolute Gasteiger partial charge is 0.450 e. The molecule has 2 aromatic heterocycles. The van der Waals surface area contributed by atoms with Gasteiger partial charge in [-0.15, -0.1) is 10.2 Å². The van der Waals surface area contributed by atoms with Gasteiger partial charge in [0.15, 0.2) is 11.0 Å². The Morgan fingerprint density at radius 2 is 1.62 bits per heavy atom. The Morgan fingerprint density at radius 1 is 0.900 bits per heavy atom. The van der Waals surface area contributed by atoms with Crippen molar-refractivity contribution in [2.75, 3.05) is 9.80 Å². The molecule has 7 rings (SSSR count). The minimum absolute atomic E-state index is 0.0185. The van der Waals surface area contributed by atoms with Crippen molar-refractivity contribution in [1.82, 2.24) is 10.2 Å². The number of carbonyl (C=O) groups excluding carboxylic acids is 2. The molecule has 4 heterocycles. The van der Waals surface area contributed by atoms with E-state index in [1.165, 1.54) is 16.2 Å². The summed E-state index contributed by atoms with van der Waals surface area (Å²) >= 11 is 1.19. The van der Waals surface area contributed by atoms with Gasteiger partial charge in [0.05, 0.1) is 23.2 Å². The van der Waals surface area contributed by atoms with Crippen molar-refractivity contribution in [3.8, 4) is 0 Å². The molecule has 2 amide bonds. The second-order valence-corrected chi connectivity index (χ2v) is 11.6. The SMILES string of the molecule is Cc1ccc(CN2C(=O)C3(c4ccccc42)c2c(oc4cc(C)c(C)cc4c2=O)C(=O)N3c2nnc(C)s2)cc1. The smallest absolute Gasteiger partial charge is 0.297 e. The number of fused-ring (bicyclic) bond motifs is 5. The van der Waals surface area contributed by atoms with Crippen LogP contribution in [0.1, 0.15) is 48.9 Å². The molecule has 2 aliphatic heterocycles. The highest BCUT2D eigenvalue weighted by molar-refractivity contribution is 7.15. The predicted octanol–water partition coefficient (Wildman–Crippen LogP) is 5.33. The molecule has 2 aliphatic rings. The van der Waals surface area contributed by atoms with E-state index in [2.05, 4.69) is 10.2 Å². The van der Waals surface area contributed by atoms with Gasteiger partial charge < -0.3 is 9.32 Å². The summed E-state index contributed by atoms with van der Waals surface area (Å²) in [5.41, 5.74) is 3.16. The highest BCUT2D eigenvalue weighted by Crippen LogP contribution is 2.54. The van der Waals surface area contributed by atoms with E-state index in [1.54, 1.807) is 30.0 Å². The molecule has 5 aromatic rings. The van der Waals surface area contributed by atoms with E-state index in [0.29, 0.717) is 27.2 Å². The first-order chi connectivity index (χ1) is 19.2. The molecule has 8 nitrogen and oxygen atoms in total. The van der Waals surface area contributed by atoms with Gasteiger partial charge in [-0.3, -0.25) is 19.3 Å². The molecule has 0 saturated carbocycles. The molecule has 3 aromatic carbocycles. The van der Waals surface area contributed by atoms with Crippen molar-refractivity contribution in [3.63, 3.8) is 0 Å². The molecular weight excluding hydrogens is 524 g/mol.